The first-order valence-electron chi connectivity index (χ1n) is 4.30. The SMILES string of the molecule is [C-]#[N+]c1cnn(-c2cc(Cl)ccc2Cl)c1N. The highest BCUT2D eigenvalue weighted by atomic mass is 35.5. The van der Waals surface area contributed by atoms with Gasteiger partial charge in [-0.15, -0.1) is 0 Å². The van der Waals surface area contributed by atoms with Crippen LogP contribution in [0.2, 0.25) is 10.0 Å². The van der Waals surface area contributed by atoms with Gasteiger partial charge in [0.15, 0.2) is 0 Å². The van der Waals surface area contributed by atoms with Gasteiger partial charge in [-0.2, -0.15) is 5.10 Å². The van der Waals surface area contributed by atoms with Crippen LogP contribution in [0, 0.1) is 6.57 Å². The smallest absolute Gasteiger partial charge is 0.247 e. The summed E-state index contributed by atoms with van der Waals surface area (Å²) in [6, 6.07) is 4.96. The average molecular weight is 253 g/mol. The Bertz CT molecular complexity index is 583. The van der Waals surface area contributed by atoms with Crippen molar-refractivity contribution < 1.29 is 0 Å². The summed E-state index contributed by atoms with van der Waals surface area (Å²) in [6.07, 6.45) is 1.39. The maximum Gasteiger partial charge on any atom is 0.247 e. The van der Waals surface area contributed by atoms with Crippen LogP contribution in [-0.4, -0.2) is 9.78 Å². The Morgan fingerprint density at radius 2 is 2.12 bits per heavy atom. The number of benzene rings is 1. The minimum absolute atomic E-state index is 0.249. The van der Waals surface area contributed by atoms with E-state index in [-0.39, 0.29) is 11.5 Å². The summed E-state index contributed by atoms with van der Waals surface area (Å²) in [6.45, 7) is 6.89. The van der Waals surface area contributed by atoms with Crippen LogP contribution in [0.4, 0.5) is 11.5 Å². The molecular formula is C10H6Cl2N4. The number of anilines is 1. The fourth-order valence-corrected chi connectivity index (χ4v) is 1.64. The van der Waals surface area contributed by atoms with Crippen LogP contribution in [-0.2, 0) is 0 Å². The van der Waals surface area contributed by atoms with Crippen molar-refractivity contribution in [2.45, 2.75) is 0 Å². The van der Waals surface area contributed by atoms with Crippen molar-refractivity contribution in [1.29, 1.82) is 0 Å². The van der Waals surface area contributed by atoms with Gasteiger partial charge in [0.25, 0.3) is 0 Å². The highest BCUT2D eigenvalue weighted by molar-refractivity contribution is 6.34. The Labute approximate surface area is 102 Å². The van der Waals surface area contributed by atoms with E-state index in [2.05, 4.69) is 9.94 Å². The van der Waals surface area contributed by atoms with Crippen LogP contribution >= 0.6 is 23.2 Å². The lowest BCUT2D eigenvalue weighted by Crippen LogP contribution is -2.02. The van der Waals surface area contributed by atoms with Crippen LogP contribution in [0.25, 0.3) is 10.5 Å². The molecule has 1 heterocycles. The fraction of sp³-hybridized carbons (Fsp3) is 0. The molecule has 0 aliphatic carbocycles. The summed E-state index contributed by atoms with van der Waals surface area (Å²) in [7, 11) is 0. The number of nitrogens with zero attached hydrogens (tertiary/aromatic N) is 3. The molecule has 0 unspecified atom stereocenters. The molecule has 2 aromatic rings. The molecule has 0 radical (unpaired) electrons. The number of rotatable bonds is 1. The molecule has 1 aromatic heterocycles. The first-order chi connectivity index (χ1) is 7.63. The topological polar surface area (TPSA) is 48.2 Å². The maximum atomic E-state index is 6.89. The molecule has 0 saturated heterocycles. The minimum atomic E-state index is 0.249. The lowest BCUT2D eigenvalue weighted by molar-refractivity contribution is 0.891. The second kappa shape index (κ2) is 4.05. The van der Waals surface area contributed by atoms with Gasteiger partial charge in [-0.25, -0.2) is 9.53 Å². The van der Waals surface area contributed by atoms with Gasteiger partial charge in [0.05, 0.1) is 23.5 Å². The molecule has 1 aromatic carbocycles. The third-order valence-electron chi connectivity index (χ3n) is 2.04. The van der Waals surface area contributed by atoms with Gasteiger partial charge >= 0.3 is 0 Å². The molecule has 2 rings (SSSR count). The van der Waals surface area contributed by atoms with Gasteiger partial charge in [0, 0.05) is 5.02 Å². The molecule has 16 heavy (non-hydrogen) atoms. The first kappa shape index (κ1) is 10.8. The Kier molecular flexibility index (Phi) is 2.73. The molecule has 0 bridgehead atoms. The second-order valence-corrected chi connectivity index (χ2v) is 3.88. The van der Waals surface area contributed by atoms with Crippen molar-refractivity contribution in [1.82, 2.24) is 9.78 Å². The van der Waals surface area contributed by atoms with E-state index in [4.69, 9.17) is 35.5 Å². The Hall–Kier alpha value is -1.70. The summed E-state index contributed by atoms with van der Waals surface area (Å²) in [5.74, 6) is 0.249. The van der Waals surface area contributed by atoms with Crippen molar-refractivity contribution >= 4 is 34.7 Å². The van der Waals surface area contributed by atoms with E-state index < -0.39 is 0 Å². The van der Waals surface area contributed by atoms with Crippen LogP contribution in [0.15, 0.2) is 24.4 Å². The van der Waals surface area contributed by atoms with Gasteiger partial charge in [-0.1, -0.05) is 23.2 Å². The Balaban J connectivity index is 2.64. The third kappa shape index (κ3) is 1.71. The number of hydrogen-bond donors (Lipinski definition) is 1. The standard InChI is InChI=1S/C10H6Cl2N4/c1-14-8-5-15-16(10(8)13)9-4-6(11)2-3-7(9)12/h2-5H,13H2. The van der Waals surface area contributed by atoms with Crippen LogP contribution in [0.1, 0.15) is 0 Å². The van der Waals surface area contributed by atoms with Crippen LogP contribution < -0.4 is 5.73 Å². The summed E-state index contributed by atoms with van der Waals surface area (Å²) in [4.78, 5) is 3.23. The van der Waals surface area contributed by atoms with Gasteiger partial charge in [-0.05, 0) is 18.2 Å². The normalized spacial score (nSPS) is 10.1. The molecule has 6 heteroatoms. The zero-order valence-corrected chi connectivity index (χ0v) is 9.50. The summed E-state index contributed by atoms with van der Waals surface area (Å²) >= 11 is 11.9. The van der Waals surface area contributed by atoms with Crippen LogP contribution in [0.3, 0.4) is 0 Å². The molecule has 0 aliphatic rings. The number of nitrogens with two attached hydrogens (primary N) is 1. The summed E-state index contributed by atoms with van der Waals surface area (Å²) < 4.78 is 1.39. The number of nitrogen functional groups attached to an aromatic ring is 1. The summed E-state index contributed by atoms with van der Waals surface area (Å²) in [5, 5.41) is 4.99. The van der Waals surface area contributed by atoms with E-state index in [1.165, 1.54) is 10.9 Å². The monoisotopic (exact) mass is 252 g/mol. The highest BCUT2D eigenvalue weighted by Crippen LogP contribution is 2.29. The lowest BCUT2D eigenvalue weighted by atomic mass is 10.3. The van der Waals surface area contributed by atoms with Crippen molar-refractivity contribution in [2.24, 2.45) is 0 Å². The minimum Gasteiger partial charge on any atom is -0.392 e. The second-order valence-electron chi connectivity index (χ2n) is 3.03. The van der Waals surface area contributed by atoms with Crippen molar-refractivity contribution in [3.05, 3.63) is 45.9 Å². The molecule has 0 spiro atoms. The predicted octanol–water partition coefficient (Wildman–Crippen LogP) is 3.31. The van der Waals surface area contributed by atoms with Gasteiger partial charge in [-0.3, -0.25) is 0 Å². The average Bonchev–Trinajstić information content (AvgIpc) is 2.63. The Morgan fingerprint density at radius 1 is 1.38 bits per heavy atom. The maximum absolute atomic E-state index is 6.89. The first-order valence-corrected chi connectivity index (χ1v) is 5.05. The number of halogens is 2. The highest BCUT2D eigenvalue weighted by Gasteiger charge is 2.11. The molecule has 0 fully saturated rings. The van der Waals surface area contributed by atoms with E-state index in [0.29, 0.717) is 15.7 Å². The van der Waals surface area contributed by atoms with Gasteiger partial charge in [0.1, 0.15) is 5.82 Å². The van der Waals surface area contributed by atoms with E-state index in [1.807, 2.05) is 0 Å². The van der Waals surface area contributed by atoms with Gasteiger partial charge < -0.3 is 5.73 Å². The molecule has 80 valence electrons. The zero-order chi connectivity index (χ0) is 11.7. The quantitative estimate of drug-likeness (QED) is 0.792. The lowest BCUT2D eigenvalue weighted by Gasteiger charge is -2.07. The van der Waals surface area contributed by atoms with Crippen molar-refractivity contribution in [3.8, 4) is 5.69 Å². The Morgan fingerprint density at radius 3 is 2.75 bits per heavy atom. The molecule has 0 atom stereocenters. The zero-order valence-electron chi connectivity index (χ0n) is 7.98. The summed E-state index contributed by atoms with van der Waals surface area (Å²) in [5.41, 5.74) is 6.59. The fourth-order valence-electron chi connectivity index (χ4n) is 1.28. The van der Waals surface area contributed by atoms with E-state index in [0.717, 1.165) is 0 Å². The molecule has 2 N–H and O–H groups in total. The predicted molar refractivity (Wildman–Crippen MR) is 64.3 cm³/mol. The van der Waals surface area contributed by atoms with E-state index >= 15 is 0 Å². The van der Waals surface area contributed by atoms with Gasteiger partial charge in [0.2, 0.25) is 5.69 Å². The van der Waals surface area contributed by atoms with Crippen LogP contribution in [0.5, 0.6) is 0 Å². The third-order valence-corrected chi connectivity index (χ3v) is 2.60. The van der Waals surface area contributed by atoms with E-state index in [1.54, 1.807) is 18.2 Å². The number of hydrogen-bond acceptors (Lipinski definition) is 2. The molecular weight excluding hydrogens is 247 g/mol. The molecule has 0 amide bonds. The number of aromatic nitrogens is 2. The largest absolute Gasteiger partial charge is 0.392 e. The molecule has 4 nitrogen and oxygen atoms in total. The molecule has 0 saturated carbocycles. The van der Waals surface area contributed by atoms with Crippen molar-refractivity contribution in [2.75, 3.05) is 5.73 Å². The van der Waals surface area contributed by atoms with Crippen molar-refractivity contribution in [3.63, 3.8) is 0 Å². The molecule has 0 aliphatic heterocycles. The van der Waals surface area contributed by atoms with E-state index in [9.17, 15) is 0 Å².